The molecule has 17 heavy (non-hydrogen) atoms. The smallest absolute Gasteiger partial charge is 0.279 e. The van der Waals surface area contributed by atoms with E-state index in [-0.39, 0.29) is 5.56 Å². The topological polar surface area (TPSA) is 76.5 Å². The molecule has 0 unspecified atom stereocenters. The molecule has 84 valence electrons. The van der Waals surface area contributed by atoms with Crippen LogP contribution in [0, 0.1) is 0 Å². The second-order valence-electron chi connectivity index (χ2n) is 3.66. The quantitative estimate of drug-likeness (QED) is 0.664. The molecule has 0 aliphatic carbocycles. The third-order valence-electron chi connectivity index (χ3n) is 2.48. The van der Waals surface area contributed by atoms with Crippen molar-refractivity contribution < 1.29 is 0 Å². The molecule has 3 aromatic heterocycles. The van der Waals surface area contributed by atoms with Gasteiger partial charge < -0.3 is 9.55 Å². The van der Waals surface area contributed by atoms with Gasteiger partial charge in [-0.1, -0.05) is 6.07 Å². The van der Waals surface area contributed by atoms with Crippen molar-refractivity contribution in [2.24, 2.45) is 7.05 Å². The first-order chi connectivity index (χ1) is 8.25. The number of aromatic amines is 1. The largest absolute Gasteiger partial charge is 0.318 e. The third-order valence-corrected chi connectivity index (χ3v) is 2.48. The summed E-state index contributed by atoms with van der Waals surface area (Å²) in [6, 6.07) is 5.44. The first-order valence-corrected chi connectivity index (χ1v) is 5.08. The van der Waals surface area contributed by atoms with Crippen molar-refractivity contribution in [1.29, 1.82) is 0 Å². The van der Waals surface area contributed by atoms with Gasteiger partial charge in [0.1, 0.15) is 5.69 Å². The van der Waals surface area contributed by atoms with E-state index < -0.39 is 0 Å². The van der Waals surface area contributed by atoms with Crippen LogP contribution in [-0.2, 0) is 7.05 Å². The summed E-state index contributed by atoms with van der Waals surface area (Å²) >= 11 is 0. The summed E-state index contributed by atoms with van der Waals surface area (Å²) in [5.41, 5.74) is 1.27. The van der Waals surface area contributed by atoms with Crippen molar-refractivity contribution >= 4 is 11.2 Å². The molecule has 3 rings (SSSR count). The third kappa shape index (κ3) is 1.50. The molecule has 0 fully saturated rings. The van der Waals surface area contributed by atoms with Crippen LogP contribution in [0.2, 0.25) is 0 Å². The molecule has 0 aliphatic rings. The van der Waals surface area contributed by atoms with E-state index in [0.29, 0.717) is 22.7 Å². The number of nitrogens with one attached hydrogen (secondary N) is 1. The summed E-state index contributed by atoms with van der Waals surface area (Å²) in [6.07, 6.45) is 3.22. The highest BCUT2D eigenvalue weighted by atomic mass is 16.1. The molecule has 0 saturated carbocycles. The summed E-state index contributed by atoms with van der Waals surface area (Å²) in [5, 5.41) is 0. The van der Waals surface area contributed by atoms with Crippen LogP contribution in [0.3, 0.4) is 0 Å². The lowest BCUT2D eigenvalue weighted by molar-refractivity contribution is 0.927. The van der Waals surface area contributed by atoms with E-state index in [9.17, 15) is 4.79 Å². The van der Waals surface area contributed by atoms with Gasteiger partial charge in [0.15, 0.2) is 17.0 Å². The lowest BCUT2D eigenvalue weighted by Crippen LogP contribution is -2.10. The van der Waals surface area contributed by atoms with Crippen LogP contribution in [0.5, 0.6) is 0 Å². The Morgan fingerprint density at radius 2 is 2.18 bits per heavy atom. The van der Waals surface area contributed by atoms with E-state index in [1.165, 1.54) is 0 Å². The van der Waals surface area contributed by atoms with Crippen molar-refractivity contribution in [2.45, 2.75) is 0 Å². The van der Waals surface area contributed by atoms with Crippen LogP contribution in [0.15, 0.2) is 35.5 Å². The molecule has 3 aromatic rings. The van der Waals surface area contributed by atoms with Crippen LogP contribution >= 0.6 is 0 Å². The molecule has 0 bridgehead atoms. The molecular formula is C11H9N5O. The highest BCUT2D eigenvalue weighted by Gasteiger charge is 2.09. The van der Waals surface area contributed by atoms with E-state index in [0.717, 1.165) is 0 Å². The Hall–Kier alpha value is -2.50. The molecule has 0 saturated heterocycles. The lowest BCUT2D eigenvalue weighted by atomic mass is 10.3. The number of rotatable bonds is 1. The fourth-order valence-corrected chi connectivity index (χ4v) is 1.64. The van der Waals surface area contributed by atoms with Gasteiger partial charge in [0, 0.05) is 13.2 Å². The highest BCUT2D eigenvalue weighted by molar-refractivity contribution is 5.71. The van der Waals surface area contributed by atoms with Gasteiger partial charge in [-0.15, -0.1) is 0 Å². The average molecular weight is 227 g/mol. The van der Waals surface area contributed by atoms with Crippen LogP contribution in [0.1, 0.15) is 0 Å². The monoisotopic (exact) mass is 227 g/mol. The molecule has 0 aliphatic heterocycles. The van der Waals surface area contributed by atoms with Gasteiger partial charge in [0.2, 0.25) is 0 Å². The van der Waals surface area contributed by atoms with Crippen molar-refractivity contribution in [3.05, 3.63) is 41.1 Å². The van der Waals surface area contributed by atoms with E-state index in [1.54, 1.807) is 30.2 Å². The number of pyridine rings is 1. The molecule has 6 nitrogen and oxygen atoms in total. The number of aromatic nitrogens is 5. The maximum absolute atomic E-state index is 11.8. The van der Waals surface area contributed by atoms with Crippen molar-refractivity contribution in [2.75, 3.05) is 0 Å². The molecule has 0 spiro atoms. The van der Waals surface area contributed by atoms with Crippen LogP contribution in [0.4, 0.5) is 0 Å². The predicted octanol–water partition coefficient (Wildman–Crippen LogP) is 0.719. The Kier molecular flexibility index (Phi) is 2.01. The second kappa shape index (κ2) is 3.51. The molecule has 0 aromatic carbocycles. The Morgan fingerprint density at radius 1 is 1.29 bits per heavy atom. The van der Waals surface area contributed by atoms with Gasteiger partial charge in [-0.25, -0.2) is 9.97 Å². The van der Waals surface area contributed by atoms with Crippen LogP contribution in [0.25, 0.3) is 22.7 Å². The Labute approximate surface area is 96.0 Å². The number of aryl methyl sites for hydroxylation is 1. The zero-order chi connectivity index (χ0) is 11.8. The van der Waals surface area contributed by atoms with Crippen LogP contribution in [-0.4, -0.2) is 24.5 Å². The number of nitrogens with zero attached hydrogens (tertiary/aromatic N) is 4. The molecule has 6 heteroatoms. The SMILES string of the molecule is Cn1cnc2c(=O)[nH]c(-c3ccccn3)nc21. The van der Waals surface area contributed by atoms with Gasteiger partial charge in [-0.2, -0.15) is 0 Å². The normalized spacial score (nSPS) is 10.9. The van der Waals surface area contributed by atoms with Crippen molar-refractivity contribution in [3.8, 4) is 11.5 Å². The maximum atomic E-state index is 11.8. The van der Waals surface area contributed by atoms with Crippen molar-refractivity contribution in [3.63, 3.8) is 0 Å². The standard InChI is InChI=1S/C11H9N5O/c1-16-6-13-8-10(16)14-9(15-11(8)17)7-4-2-3-5-12-7/h2-6H,1H3,(H,14,15,17). The average Bonchev–Trinajstić information content (AvgIpc) is 2.73. The summed E-state index contributed by atoms with van der Waals surface area (Å²) in [6.45, 7) is 0. The predicted molar refractivity (Wildman–Crippen MR) is 62.4 cm³/mol. The zero-order valence-corrected chi connectivity index (χ0v) is 9.08. The molecule has 0 radical (unpaired) electrons. The van der Waals surface area contributed by atoms with Gasteiger partial charge in [-0.05, 0) is 12.1 Å². The fraction of sp³-hybridized carbons (Fsp3) is 0.0909. The number of hydrogen-bond donors (Lipinski definition) is 1. The Morgan fingerprint density at radius 3 is 2.94 bits per heavy atom. The first-order valence-electron chi connectivity index (χ1n) is 5.08. The van der Waals surface area contributed by atoms with Crippen molar-refractivity contribution in [1.82, 2.24) is 24.5 Å². The van der Waals surface area contributed by atoms with E-state index in [1.807, 2.05) is 12.1 Å². The first kappa shape index (κ1) is 9.71. The zero-order valence-electron chi connectivity index (χ0n) is 9.08. The number of hydrogen-bond acceptors (Lipinski definition) is 4. The summed E-state index contributed by atoms with van der Waals surface area (Å²) in [5.74, 6) is 0.451. The Bertz CT molecular complexity index is 728. The van der Waals surface area contributed by atoms with Gasteiger partial charge >= 0.3 is 0 Å². The minimum absolute atomic E-state index is 0.253. The second-order valence-corrected chi connectivity index (χ2v) is 3.66. The summed E-state index contributed by atoms with van der Waals surface area (Å²) < 4.78 is 1.71. The molecular weight excluding hydrogens is 218 g/mol. The Balaban J connectivity index is 2.32. The van der Waals surface area contributed by atoms with E-state index in [4.69, 9.17) is 0 Å². The van der Waals surface area contributed by atoms with Gasteiger partial charge in [0.05, 0.1) is 6.33 Å². The maximum Gasteiger partial charge on any atom is 0.279 e. The summed E-state index contributed by atoms with van der Waals surface area (Å²) in [4.78, 5) is 26.9. The lowest BCUT2D eigenvalue weighted by Gasteiger charge is -2.00. The number of H-pyrrole nitrogens is 1. The minimum atomic E-state index is -0.253. The molecule has 1 N–H and O–H groups in total. The molecule has 3 heterocycles. The van der Waals surface area contributed by atoms with E-state index >= 15 is 0 Å². The highest BCUT2D eigenvalue weighted by Crippen LogP contribution is 2.11. The van der Waals surface area contributed by atoms with Gasteiger partial charge in [-0.3, -0.25) is 9.78 Å². The van der Waals surface area contributed by atoms with Crippen LogP contribution < -0.4 is 5.56 Å². The molecule has 0 amide bonds. The number of imidazole rings is 1. The fourth-order valence-electron chi connectivity index (χ4n) is 1.64. The van der Waals surface area contributed by atoms with E-state index in [2.05, 4.69) is 19.9 Å². The van der Waals surface area contributed by atoms with Gasteiger partial charge in [0.25, 0.3) is 5.56 Å². The molecule has 0 atom stereocenters. The minimum Gasteiger partial charge on any atom is -0.318 e. The number of fused-ring (bicyclic) bond motifs is 1. The summed E-state index contributed by atoms with van der Waals surface area (Å²) in [7, 11) is 1.80.